The molecule has 0 aliphatic carbocycles. The zero-order valence-corrected chi connectivity index (χ0v) is 20.0. The van der Waals surface area contributed by atoms with Gasteiger partial charge in [-0.15, -0.1) is 24.0 Å². The third-order valence-corrected chi connectivity index (χ3v) is 5.51. The van der Waals surface area contributed by atoms with E-state index >= 15 is 0 Å². The van der Waals surface area contributed by atoms with E-state index in [0.717, 1.165) is 38.2 Å². The second kappa shape index (κ2) is 11.5. The highest BCUT2D eigenvalue weighted by molar-refractivity contribution is 14.0. The first-order valence-electron chi connectivity index (χ1n) is 10.4. The van der Waals surface area contributed by atoms with Crippen LogP contribution in [-0.4, -0.2) is 68.7 Å². The molecule has 2 unspecified atom stereocenters. The molecule has 170 valence electrons. The standard InChI is InChI=1S/C21H31F3N4O.HI/c1-3-25-20(26-13-16-6-5-9-27(2)14-16)28-10-11-29-19(15-28)17-7-4-8-18(12-17)21(22,23)24;/h4,7-8,12,16,19H,3,5-6,9-11,13-15H2,1-2H3,(H,25,26);1H. The highest BCUT2D eigenvalue weighted by atomic mass is 127. The molecule has 2 aliphatic rings. The summed E-state index contributed by atoms with van der Waals surface area (Å²) in [6.45, 7) is 7.34. The van der Waals surface area contributed by atoms with Crippen LogP contribution in [0, 0.1) is 5.92 Å². The van der Waals surface area contributed by atoms with Crippen LogP contribution in [0.15, 0.2) is 29.3 Å². The number of benzene rings is 1. The van der Waals surface area contributed by atoms with Crippen LogP contribution in [0.3, 0.4) is 0 Å². The van der Waals surface area contributed by atoms with Crippen molar-refractivity contribution in [3.8, 4) is 0 Å². The fraction of sp³-hybridized carbons (Fsp3) is 0.667. The van der Waals surface area contributed by atoms with Gasteiger partial charge in [-0.1, -0.05) is 12.1 Å². The first kappa shape index (κ1) is 25.2. The number of ether oxygens (including phenoxy) is 1. The van der Waals surface area contributed by atoms with Crippen molar-refractivity contribution in [3.63, 3.8) is 0 Å². The highest BCUT2D eigenvalue weighted by Crippen LogP contribution is 2.32. The van der Waals surface area contributed by atoms with E-state index in [4.69, 9.17) is 9.73 Å². The Bertz CT molecular complexity index is 701. The minimum Gasteiger partial charge on any atom is -0.370 e. The molecule has 30 heavy (non-hydrogen) atoms. The molecule has 9 heteroatoms. The van der Waals surface area contributed by atoms with Crippen LogP contribution in [0.5, 0.6) is 0 Å². The number of hydrogen-bond acceptors (Lipinski definition) is 3. The lowest BCUT2D eigenvalue weighted by atomic mass is 9.99. The number of rotatable bonds is 4. The highest BCUT2D eigenvalue weighted by Gasteiger charge is 2.32. The summed E-state index contributed by atoms with van der Waals surface area (Å²) in [5, 5.41) is 3.34. The Balaban J connectivity index is 0.00000320. The molecule has 1 aromatic rings. The Kier molecular flexibility index (Phi) is 9.67. The quantitative estimate of drug-likeness (QED) is 0.356. The molecule has 3 rings (SSSR count). The molecule has 1 aromatic carbocycles. The monoisotopic (exact) mass is 540 g/mol. The average molecular weight is 540 g/mol. The second-order valence-corrected chi connectivity index (χ2v) is 7.89. The first-order valence-corrected chi connectivity index (χ1v) is 10.4. The van der Waals surface area contributed by atoms with Gasteiger partial charge >= 0.3 is 6.18 Å². The number of hydrogen-bond donors (Lipinski definition) is 1. The summed E-state index contributed by atoms with van der Waals surface area (Å²) in [6.07, 6.45) is -2.38. The minimum atomic E-state index is -4.35. The molecule has 0 amide bonds. The van der Waals surface area contributed by atoms with E-state index in [9.17, 15) is 13.2 Å². The molecule has 2 saturated heterocycles. The predicted octanol–water partition coefficient (Wildman–Crippen LogP) is 4.00. The van der Waals surface area contributed by atoms with Crippen molar-refractivity contribution in [1.82, 2.24) is 15.1 Å². The Morgan fingerprint density at radius 2 is 2.07 bits per heavy atom. The van der Waals surface area contributed by atoms with Gasteiger partial charge in [-0.05, 0) is 57.0 Å². The van der Waals surface area contributed by atoms with E-state index in [0.29, 0.717) is 31.2 Å². The maximum Gasteiger partial charge on any atom is 0.416 e. The summed E-state index contributed by atoms with van der Waals surface area (Å²) < 4.78 is 45.0. The molecule has 0 saturated carbocycles. The Hall–Kier alpha value is -1.07. The normalized spacial score (nSPS) is 23.8. The van der Waals surface area contributed by atoms with E-state index in [1.54, 1.807) is 6.07 Å². The molecule has 2 atom stereocenters. The third kappa shape index (κ3) is 6.98. The van der Waals surface area contributed by atoms with Crippen molar-refractivity contribution < 1.29 is 17.9 Å². The first-order chi connectivity index (χ1) is 13.9. The van der Waals surface area contributed by atoms with E-state index in [1.807, 2.05) is 6.92 Å². The molecule has 2 heterocycles. The summed E-state index contributed by atoms with van der Waals surface area (Å²) in [5.41, 5.74) is -0.0907. The lowest BCUT2D eigenvalue weighted by Crippen LogP contribution is -2.48. The van der Waals surface area contributed by atoms with Crippen molar-refractivity contribution in [3.05, 3.63) is 35.4 Å². The molecule has 2 aliphatic heterocycles. The number of halogens is 4. The zero-order chi connectivity index (χ0) is 20.9. The Morgan fingerprint density at radius 3 is 2.77 bits per heavy atom. The van der Waals surface area contributed by atoms with Gasteiger partial charge in [0.1, 0.15) is 6.10 Å². The fourth-order valence-electron chi connectivity index (χ4n) is 4.02. The molecule has 0 bridgehead atoms. The Labute approximate surface area is 194 Å². The number of guanidine groups is 1. The minimum absolute atomic E-state index is 0. The van der Waals surface area contributed by atoms with Gasteiger partial charge in [0, 0.05) is 26.2 Å². The van der Waals surface area contributed by atoms with Gasteiger partial charge in [0.2, 0.25) is 0 Å². The van der Waals surface area contributed by atoms with Crippen molar-refractivity contribution in [1.29, 1.82) is 0 Å². The van der Waals surface area contributed by atoms with Crippen molar-refractivity contribution in [2.24, 2.45) is 10.9 Å². The van der Waals surface area contributed by atoms with Crippen molar-refractivity contribution in [2.75, 3.05) is 52.9 Å². The van der Waals surface area contributed by atoms with Crippen molar-refractivity contribution >= 4 is 29.9 Å². The van der Waals surface area contributed by atoms with Gasteiger partial charge < -0.3 is 19.9 Å². The summed E-state index contributed by atoms with van der Waals surface area (Å²) in [5.74, 6) is 1.36. The number of likely N-dealkylation sites (tertiary alicyclic amines) is 1. The lowest BCUT2D eigenvalue weighted by molar-refractivity contribution is -0.137. The fourth-order valence-corrected chi connectivity index (χ4v) is 4.02. The summed E-state index contributed by atoms with van der Waals surface area (Å²) >= 11 is 0. The van der Waals surface area contributed by atoms with Gasteiger partial charge in [-0.3, -0.25) is 4.99 Å². The average Bonchev–Trinajstić information content (AvgIpc) is 2.71. The molecule has 5 nitrogen and oxygen atoms in total. The van der Waals surface area contributed by atoms with Crippen LogP contribution in [0.25, 0.3) is 0 Å². The van der Waals surface area contributed by atoms with Gasteiger partial charge in [0.05, 0.1) is 18.7 Å². The van der Waals surface area contributed by atoms with Gasteiger partial charge in [0.25, 0.3) is 0 Å². The summed E-state index contributed by atoms with van der Waals surface area (Å²) in [4.78, 5) is 9.29. The number of morpholine rings is 1. The smallest absolute Gasteiger partial charge is 0.370 e. The molecule has 1 N–H and O–H groups in total. The van der Waals surface area contributed by atoms with E-state index < -0.39 is 17.8 Å². The SMILES string of the molecule is CCNC(=NCC1CCCN(C)C1)N1CCOC(c2cccc(C(F)(F)F)c2)C1.I. The number of nitrogens with one attached hydrogen (secondary N) is 1. The maximum absolute atomic E-state index is 13.1. The molecular formula is C21H32F3IN4O. The summed E-state index contributed by atoms with van der Waals surface area (Å²) in [6, 6.07) is 5.43. The summed E-state index contributed by atoms with van der Waals surface area (Å²) in [7, 11) is 2.14. The van der Waals surface area contributed by atoms with Crippen LogP contribution in [0.2, 0.25) is 0 Å². The van der Waals surface area contributed by atoms with E-state index in [-0.39, 0.29) is 24.0 Å². The zero-order valence-electron chi connectivity index (χ0n) is 17.6. The van der Waals surface area contributed by atoms with Crippen LogP contribution < -0.4 is 5.32 Å². The number of alkyl halides is 3. The van der Waals surface area contributed by atoms with Crippen molar-refractivity contribution in [2.45, 2.75) is 32.0 Å². The molecular weight excluding hydrogens is 508 g/mol. The van der Waals surface area contributed by atoms with Crippen LogP contribution in [0.1, 0.15) is 37.0 Å². The van der Waals surface area contributed by atoms with E-state index in [2.05, 4.69) is 22.2 Å². The van der Waals surface area contributed by atoms with Gasteiger partial charge in [-0.25, -0.2) is 0 Å². The number of aliphatic imine (C=N–C) groups is 1. The Morgan fingerprint density at radius 1 is 1.27 bits per heavy atom. The molecule has 0 spiro atoms. The number of nitrogens with zero attached hydrogens (tertiary/aromatic N) is 3. The second-order valence-electron chi connectivity index (χ2n) is 7.89. The third-order valence-electron chi connectivity index (χ3n) is 5.51. The lowest BCUT2D eigenvalue weighted by Gasteiger charge is -2.36. The largest absolute Gasteiger partial charge is 0.416 e. The van der Waals surface area contributed by atoms with Gasteiger partial charge in [0.15, 0.2) is 5.96 Å². The predicted molar refractivity (Wildman–Crippen MR) is 123 cm³/mol. The molecule has 2 fully saturated rings. The van der Waals surface area contributed by atoms with Crippen LogP contribution in [-0.2, 0) is 10.9 Å². The van der Waals surface area contributed by atoms with E-state index in [1.165, 1.54) is 25.0 Å². The molecule has 0 aromatic heterocycles. The van der Waals surface area contributed by atoms with Gasteiger partial charge in [-0.2, -0.15) is 13.2 Å². The number of piperidine rings is 1. The van der Waals surface area contributed by atoms with Crippen LogP contribution in [0.4, 0.5) is 13.2 Å². The van der Waals surface area contributed by atoms with Crippen LogP contribution >= 0.6 is 24.0 Å². The maximum atomic E-state index is 13.1. The topological polar surface area (TPSA) is 40.1 Å². The molecule has 0 radical (unpaired) electrons.